The number of halogens is 1. The highest BCUT2D eigenvalue weighted by Gasteiger charge is 2.22. The van der Waals surface area contributed by atoms with Crippen molar-refractivity contribution in [2.24, 2.45) is 0 Å². The Morgan fingerprint density at radius 1 is 1.20 bits per heavy atom. The summed E-state index contributed by atoms with van der Waals surface area (Å²) in [5.41, 5.74) is 3.31. The summed E-state index contributed by atoms with van der Waals surface area (Å²) in [6.07, 6.45) is 1.78. The molecule has 0 radical (unpaired) electrons. The van der Waals surface area contributed by atoms with Crippen LogP contribution in [0, 0.1) is 5.82 Å². The maximum atomic E-state index is 13.2. The van der Waals surface area contributed by atoms with Crippen LogP contribution in [0.2, 0.25) is 0 Å². The molecule has 4 heteroatoms. The molecule has 3 rings (SSSR count). The second-order valence-corrected chi connectivity index (χ2v) is 4.96. The summed E-state index contributed by atoms with van der Waals surface area (Å²) in [6, 6.07) is 11.7. The number of carbonyl (C=O) groups is 1. The van der Waals surface area contributed by atoms with Gasteiger partial charge in [-0.2, -0.15) is 0 Å². The third-order valence-electron chi connectivity index (χ3n) is 3.66. The Kier molecular flexibility index (Phi) is 3.14. The summed E-state index contributed by atoms with van der Waals surface area (Å²) in [5, 5.41) is 12.2. The van der Waals surface area contributed by atoms with E-state index in [0.717, 1.165) is 29.7 Å². The SMILES string of the molecule is O=C(O)c1ccc(NC2CCc3cc(F)ccc32)cc1. The summed E-state index contributed by atoms with van der Waals surface area (Å²) in [5.74, 6) is -1.13. The molecule has 2 aromatic carbocycles. The van der Waals surface area contributed by atoms with Gasteiger partial charge in [0.2, 0.25) is 0 Å². The van der Waals surface area contributed by atoms with E-state index >= 15 is 0 Å². The van der Waals surface area contributed by atoms with Crippen LogP contribution in [0.4, 0.5) is 10.1 Å². The normalized spacial score (nSPS) is 16.8. The summed E-state index contributed by atoms with van der Waals surface area (Å²) in [4.78, 5) is 10.8. The van der Waals surface area contributed by atoms with Gasteiger partial charge in [0.15, 0.2) is 0 Å². The predicted octanol–water partition coefficient (Wildman–Crippen LogP) is 3.62. The van der Waals surface area contributed by atoms with E-state index in [4.69, 9.17) is 5.11 Å². The molecule has 0 spiro atoms. The molecule has 2 aromatic rings. The molecule has 1 aliphatic rings. The molecule has 0 heterocycles. The minimum absolute atomic E-state index is 0.154. The van der Waals surface area contributed by atoms with Crippen molar-refractivity contribution >= 4 is 11.7 Å². The maximum Gasteiger partial charge on any atom is 0.335 e. The molecule has 0 aliphatic heterocycles. The molecule has 20 heavy (non-hydrogen) atoms. The zero-order valence-corrected chi connectivity index (χ0v) is 10.8. The number of nitrogens with one attached hydrogen (secondary N) is 1. The Morgan fingerprint density at radius 2 is 1.95 bits per heavy atom. The first kappa shape index (κ1) is 12.7. The molecule has 1 aliphatic carbocycles. The molecule has 0 fully saturated rings. The van der Waals surface area contributed by atoms with Gasteiger partial charge >= 0.3 is 5.97 Å². The number of benzene rings is 2. The van der Waals surface area contributed by atoms with E-state index in [-0.39, 0.29) is 17.4 Å². The first-order chi connectivity index (χ1) is 9.63. The number of aryl methyl sites for hydroxylation is 1. The molecule has 102 valence electrons. The second kappa shape index (κ2) is 4.96. The van der Waals surface area contributed by atoms with Crippen molar-refractivity contribution in [1.82, 2.24) is 0 Å². The summed E-state index contributed by atoms with van der Waals surface area (Å²) in [6.45, 7) is 0. The molecular weight excluding hydrogens is 257 g/mol. The van der Waals surface area contributed by atoms with Crippen LogP contribution < -0.4 is 5.32 Å². The number of rotatable bonds is 3. The van der Waals surface area contributed by atoms with E-state index in [9.17, 15) is 9.18 Å². The smallest absolute Gasteiger partial charge is 0.335 e. The Hall–Kier alpha value is -2.36. The number of hydrogen-bond donors (Lipinski definition) is 2. The molecule has 0 bridgehead atoms. The summed E-state index contributed by atoms with van der Waals surface area (Å²) >= 11 is 0. The third kappa shape index (κ3) is 2.37. The van der Waals surface area contributed by atoms with E-state index in [1.807, 2.05) is 6.07 Å². The van der Waals surface area contributed by atoms with Crippen LogP contribution in [0.3, 0.4) is 0 Å². The van der Waals surface area contributed by atoms with Crippen molar-refractivity contribution in [3.8, 4) is 0 Å². The summed E-state index contributed by atoms with van der Waals surface area (Å²) in [7, 11) is 0. The first-order valence-corrected chi connectivity index (χ1v) is 6.52. The fraction of sp³-hybridized carbons (Fsp3) is 0.188. The molecule has 2 N–H and O–H groups in total. The predicted molar refractivity (Wildman–Crippen MR) is 74.5 cm³/mol. The van der Waals surface area contributed by atoms with Crippen LogP contribution in [0.25, 0.3) is 0 Å². The lowest BCUT2D eigenvalue weighted by atomic mass is 10.1. The number of fused-ring (bicyclic) bond motifs is 1. The zero-order chi connectivity index (χ0) is 14.1. The molecular formula is C16H14FNO2. The number of carboxylic acids is 1. The number of aromatic carboxylic acids is 1. The highest BCUT2D eigenvalue weighted by molar-refractivity contribution is 5.88. The lowest BCUT2D eigenvalue weighted by molar-refractivity contribution is 0.0697. The van der Waals surface area contributed by atoms with E-state index in [1.54, 1.807) is 30.3 Å². The van der Waals surface area contributed by atoms with Gasteiger partial charge in [-0.15, -0.1) is 0 Å². The topological polar surface area (TPSA) is 49.3 Å². The van der Waals surface area contributed by atoms with E-state index < -0.39 is 5.97 Å². The lowest BCUT2D eigenvalue weighted by Gasteiger charge is -2.15. The number of hydrogen-bond acceptors (Lipinski definition) is 2. The van der Waals surface area contributed by atoms with Crippen LogP contribution in [0.15, 0.2) is 42.5 Å². The van der Waals surface area contributed by atoms with Gasteiger partial charge in [0.1, 0.15) is 5.82 Å². The average molecular weight is 271 g/mol. The highest BCUT2D eigenvalue weighted by atomic mass is 19.1. The van der Waals surface area contributed by atoms with Crippen molar-refractivity contribution in [2.75, 3.05) is 5.32 Å². The average Bonchev–Trinajstić information content (AvgIpc) is 2.81. The fourth-order valence-corrected chi connectivity index (χ4v) is 2.65. The largest absolute Gasteiger partial charge is 0.478 e. The second-order valence-electron chi connectivity index (χ2n) is 4.96. The van der Waals surface area contributed by atoms with Crippen molar-refractivity contribution in [3.05, 3.63) is 65.0 Å². The van der Waals surface area contributed by atoms with Crippen molar-refractivity contribution in [3.63, 3.8) is 0 Å². The minimum Gasteiger partial charge on any atom is -0.478 e. The third-order valence-corrected chi connectivity index (χ3v) is 3.66. The zero-order valence-electron chi connectivity index (χ0n) is 10.8. The van der Waals surface area contributed by atoms with Crippen LogP contribution >= 0.6 is 0 Å². The molecule has 0 aromatic heterocycles. The highest BCUT2D eigenvalue weighted by Crippen LogP contribution is 2.34. The number of anilines is 1. The Labute approximate surface area is 116 Å². The lowest BCUT2D eigenvalue weighted by Crippen LogP contribution is -2.07. The fourth-order valence-electron chi connectivity index (χ4n) is 2.65. The van der Waals surface area contributed by atoms with Gasteiger partial charge in [0.05, 0.1) is 11.6 Å². The first-order valence-electron chi connectivity index (χ1n) is 6.52. The molecule has 1 unspecified atom stereocenters. The van der Waals surface area contributed by atoms with Crippen LogP contribution in [0.5, 0.6) is 0 Å². The maximum absolute atomic E-state index is 13.2. The van der Waals surface area contributed by atoms with E-state index in [0.29, 0.717) is 0 Å². The van der Waals surface area contributed by atoms with Crippen molar-refractivity contribution < 1.29 is 14.3 Å². The van der Waals surface area contributed by atoms with Gasteiger partial charge in [-0.1, -0.05) is 6.07 Å². The van der Waals surface area contributed by atoms with Gasteiger partial charge in [0, 0.05) is 5.69 Å². The summed E-state index contributed by atoms with van der Waals surface area (Å²) < 4.78 is 13.2. The van der Waals surface area contributed by atoms with Crippen molar-refractivity contribution in [1.29, 1.82) is 0 Å². The molecule has 3 nitrogen and oxygen atoms in total. The van der Waals surface area contributed by atoms with E-state index in [1.165, 1.54) is 6.07 Å². The van der Waals surface area contributed by atoms with Gasteiger partial charge in [-0.25, -0.2) is 9.18 Å². The monoisotopic (exact) mass is 271 g/mol. The Bertz CT molecular complexity index is 652. The van der Waals surface area contributed by atoms with Gasteiger partial charge < -0.3 is 10.4 Å². The quantitative estimate of drug-likeness (QED) is 0.896. The van der Waals surface area contributed by atoms with Crippen LogP contribution in [-0.4, -0.2) is 11.1 Å². The van der Waals surface area contributed by atoms with Gasteiger partial charge in [-0.3, -0.25) is 0 Å². The van der Waals surface area contributed by atoms with Gasteiger partial charge in [-0.05, 0) is 60.4 Å². The van der Waals surface area contributed by atoms with Crippen LogP contribution in [-0.2, 0) is 6.42 Å². The van der Waals surface area contributed by atoms with Crippen molar-refractivity contribution in [2.45, 2.75) is 18.9 Å². The molecule has 0 amide bonds. The Morgan fingerprint density at radius 3 is 2.65 bits per heavy atom. The molecule has 0 saturated heterocycles. The Balaban J connectivity index is 1.78. The molecule has 1 atom stereocenters. The number of carboxylic acid groups (broad SMARTS) is 1. The van der Waals surface area contributed by atoms with Crippen LogP contribution in [0.1, 0.15) is 33.9 Å². The van der Waals surface area contributed by atoms with E-state index in [2.05, 4.69) is 5.32 Å². The molecule has 0 saturated carbocycles. The minimum atomic E-state index is -0.932. The van der Waals surface area contributed by atoms with Gasteiger partial charge in [0.25, 0.3) is 0 Å². The standard InChI is InChI=1S/C16H14FNO2/c17-12-4-7-14-11(9-12)3-8-15(14)18-13-5-1-10(2-6-13)16(19)20/h1-2,4-7,9,15,18H,3,8H2,(H,19,20).